The van der Waals surface area contributed by atoms with Crippen molar-refractivity contribution in [3.05, 3.63) is 24.3 Å². The molecule has 2 N–H and O–H groups in total. The summed E-state index contributed by atoms with van der Waals surface area (Å²) in [5.74, 6) is 0.0859. The molecule has 0 rings (SSSR count). The van der Waals surface area contributed by atoms with E-state index in [9.17, 15) is 9.90 Å². The molecule has 0 aromatic rings. The maximum absolute atomic E-state index is 12.2. The van der Waals surface area contributed by atoms with Gasteiger partial charge >= 0.3 is 0 Å². The monoisotopic (exact) mass is 520 g/mol. The number of carbonyl (C=O) groups excluding carboxylic acids is 1. The van der Waals surface area contributed by atoms with Gasteiger partial charge in [0.05, 0.1) is 12.6 Å². The fourth-order valence-corrected chi connectivity index (χ4v) is 4.81. The number of rotatable bonds is 29. The van der Waals surface area contributed by atoms with Crippen molar-refractivity contribution in [1.82, 2.24) is 5.32 Å². The summed E-state index contributed by atoms with van der Waals surface area (Å²) in [5.41, 5.74) is 0. The van der Waals surface area contributed by atoms with Crippen LogP contribution in [0.4, 0.5) is 0 Å². The minimum Gasteiger partial charge on any atom is -0.394 e. The molecule has 1 unspecified atom stereocenters. The van der Waals surface area contributed by atoms with Crippen LogP contribution in [0, 0.1) is 0 Å². The molecular weight excluding hydrogens is 454 g/mol. The Balaban J connectivity index is 3.55. The van der Waals surface area contributed by atoms with E-state index in [1.807, 2.05) is 0 Å². The lowest BCUT2D eigenvalue weighted by molar-refractivity contribution is -0.122. The summed E-state index contributed by atoms with van der Waals surface area (Å²) >= 11 is 0. The molecule has 3 heteroatoms. The summed E-state index contributed by atoms with van der Waals surface area (Å²) in [6.45, 7) is 4.55. The number of nitrogens with one attached hydrogen (secondary N) is 1. The molecule has 37 heavy (non-hydrogen) atoms. The maximum atomic E-state index is 12.2. The molecule has 0 bridgehead atoms. The second kappa shape index (κ2) is 31.1. The average molecular weight is 520 g/mol. The fourth-order valence-electron chi connectivity index (χ4n) is 4.81. The van der Waals surface area contributed by atoms with E-state index in [4.69, 9.17) is 0 Å². The molecule has 0 aliphatic carbocycles. The van der Waals surface area contributed by atoms with Gasteiger partial charge in [-0.05, 0) is 38.5 Å². The molecule has 0 spiro atoms. The van der Waals surface area contributed by atoms with Gasteiger partial charge in [-0.25, -0.2) is 0 Å². The van der Waals surface area contributed by atoms with Gasteiger partial charge in [0.1, 0.15) is 0 Å². The summed E-state index contributed by atoms with van der Waals surface area (Å²) in [5, 5.41) is 12.6. The van der Waals surface area contributed by atoms with Gasteiger partial charge in [-0.1, -0.05) is 154 Å². The molecule has 0 heterocycles. The topological polar surface area (TPSA) is 49.3 Å². The first-order valence-corrected chi connectivity index (χ1v) is 16.4. The summed E-state index contributed by atoms with van der Waals surface area (Å²) in [6, 6.07) is -0.154. The highest BCUT2D eigenvalue weighted by atomic mass is 16.3. The average Bonchev–Trinajstić information content (AvgIpc) is 2.90. The van der Waals surface area contributed by atoms with E-state index in [-0.39, 0.29) is 18.6 Å². The van der Waals surface area contributed by atoms with Gasteiger partial charge in [0.15, 0.2) is 0 Å². The fraction of sp³-hybridized carbons (Fsp3) is 0.853. The third kappa shape index (κ3) is 29.3. The first kappa shape index (κ1) is 35.9. The first-order valence-electron chi connectivity index (χ1n) is 16.4. The van der Waals surface area contributed by atoms with Crippen molar-refractivity contribution in [2.24, 2.45) is 0 Å². The smallest absolute Gasteiger partial charge is 0.220 e. The van der Waals surface area contributed by atoms with Crippen molar-refractivity contribution in [2.45, 2.75) is 180 Å². The Labute approximate surface area is 232 Å². The quantitative estimate of drug-likeness (QED) is 0.0762. The molecule has 0 aromatic heterocycles. The largest absolute Gasteiger partial charge is 0.394 e. The second-order valence-corrected chi connectivity index (χ2v) is 11.1. The van der Waals surface area contributed by atoms with Crippen molar-refractivity contribution in [2.75, 3.05) is 6.61 Å². The summed E-state index contributed by atoms with van der Waals surface area (Å²) in [4.78, 5) is 12.2. The molecule has 1 atom stereocenters. The SMILES string of the molecule is CCCCCCCCCCC/C=C/CC/C=C/CC(CO)NC(=O)CCCCCCCCCCCCC. The third-order valence-electron chi connectivity index (χ3n) is 7.32. The van der Waals surface area contributed by atoms with Crippen LogP contribution in [0.3, 0.4) is 0 Å². The summed E-state index contributed by atoms with van der Waals surface area (Å²) in [7, 11) is 0. The lowest BCUT2D eigenvalue weighted by Gasteiger charge is -2.14. The first-order chi connectivity index (χ1) is 18.2. The van der Waals surface area contributed by atoms with Crippen molar-refractivity contribution in [1.29, 1.82) is 0 Å². The van der Waals surface area contributed by atoms with Gasteiger partial charge in [-0.15, -0.1) is 0 Å². The Hall–Kier alpha value is -1.09. The number of allylic oxidation sites excluding steroid dienone is 3. The Bertz CT molecular complexity index is 514. The molecule has 0 aliphatic rings. The molecule has 0 radical (unpaired) electrons. The van der Waals surface area contributed by atoms with Crippen LogP contribution in [-0.4, -0.2) is 23.7 Å². The summed E-state index contributed by atoms with van der Waals surface area (Å²) < 4.78 is 0. The van der Waals surface area contributed by atoms with E-state index in [2.05, 4.69) is 43.5 Å². The molecular formula is C34H65NO2. The minimum absolute atomic E-state index is 0.00692. The predicted octanol–water partition coefficient (Wildman–Crippen LogP) is 10.4. The number of carbonyl (C=O) groups is 1. The van der Waals surface area contributed by atoms with Crippen LogP contribution in [0.2, 0.25) is 0 Å². The van der Waals surface area contributed by atoms with Crippen molar-refractivity contribution < 1.29 is 9.90 Å². The highest BCUT2D eigenvalue weighted by Gasteiger charge is 2.09. The van der Waals surface area contributed by atoms with Gasteiger partial charge in [0.2, 0.25) is 5.91 Å². The van der Waals surface area contributed by atoms with Crippen molar-refractivity contribution in [3.8, 4) is 0 Å². The van der Waals surface area contributed by atoms with Gasteiger partial charge in [0.25, 0.3) is 0 Å². The van der Waals surface area contributed by atoms with Crippen LogP contribution >= 0.6 is 0 Å². The lowest BCUT2D eigenvalue weighted by Crippen LogP contribution is -2.36. The van der Waals surface area contributed by atoms with Gasteiger partial charge in [0, 0.05) is 6.42 Å². The predicted molar refractivity (Wildman–Crippen MR) is 164 cm³/mol. The lowest BCUT2D eigenvalue weighted by atomic mass is 10.1. The molecule has 0 aliphatic heterocycles. The van der Waals surface area contributed by atoms with Crippen LogP contribution in [0.5, 0.6) is 0 Å². The van der Waals surface area contributed by atoms with E-state index in [1.54, 1.807) is 0 Å². The van der Waals surface area contributed by atoms with E-state index >= 15 is 0 Å². The number of aliphatic hydroxyl groups is 1. The molecule has 0 fully saturated rings. The van der Waals surface area contributed by atoms with E-state index in [0.29, 0.717) is 12.8 Å². The zero-order valence-corrected chi connectivity index (χ0v) is 25.1. The normalized spacial score (nSPS) is 12.6. The van der Waals surface area contributed by atoms with E-state index < -0.39 is 0 Å². The molecule has 218 valence electrons. The van der Waals surface area contributed by atoms with Crippen molar-refractivity contribution >= 4 is 5.91 Å². The van der Waals surface area contributed by atoms with E-state index in [1.165, 1.54) is 122 Å². The number of amides is 1. The highest BCUT2D eigenvalue weighted by Crippen LogP contribution is 2.13. The molecule has 0 saturated carbocycles. The number of aliphatic hydroxyl groups excluding tert-OH is 1. The summed E-state index contributed by atoms with van der Waals surface area (Å²) in [6.07, 6.45) is 40.2. The molecule has 0 saturated heterocycles. The van der Waals surface area contributed by atoms with Crippen LogP contribution in [0.15, 0.2) is 24.3 Å². The maximum Gasteiger partial charge on any atom is 0.220 e. The third-order valence-corrected chi connectivity index (χ3v) is 7.32. The van der Waals surface area contributed by atoms with Gasteiger partial charge in [-0.2, -0.15) is 0 Å². The zero-order valence-electron chi connectivity index (χ0n) is 25.1. The Kier molecular flexibility index (Phi) is 30.2. The van der Waals surface area contributed by atoms with Crippen LogP contribution in [0.25, 0.3) is 0 Å². The highest BCUT2D eigenvalue weighted by molar-refractivity contribution is 5.76. The van der Waals surface area contributed by atoms with Crippen LogP contribution in [0.1, 0.15) is 174 Å². The minimum atomic E-state index is -0.154. The second-order valence-electron chi connectivity index (χ2n) is 11.1. The Morgan fingerprint density at radius 1 is 0.568 bits per heavy atom. The number of unbranched alkanes of at least 4 members (excludes halogenated alkanes) is 20. The molecule has 1 amide bonds. The Morgan fingerprint density at radius 3 is 1.46 bits per heavy atom. The Morgan fingerprint density at radius 2 is 0.973 bits per heavy atom. The number of hydrogen-bond acceptors (Lipinski definition) is 2. The standard InChI is InChI=1S/C34H65NO2/c1-3-5-7-9-11-13-15-16-17-18-19-21-22-24-26-28-30-33(32-36)35-34(37)31-29-27-25-23-20-14-12-10-8-6-4-2/h19,21,26,28,33,36H,3-18,20,22-25,27,29-32H2,1-2H3,(H,35,37)/b21-19+,28-26+. The zero-order chi connectivity index (χ0) is 27.1. The molecule has 3 nitrogen and oxygen atoms in total. The van der Waals surface area contributed by atoms with Crippen LogP contribution < -0.4 is 5.32 Å². The van der Waals surface area contributed by atoms with Crippen LogP contribution in [-0.2, 0) is 4.79 Å². The van der Waals surface area contributed by atoms with Gasteiger partial charge in [-0.3, -0.25) is 4.79 Å². The molecule has 0 aromatic carbocycles. The van der Waals surface area contributed by atoms with E-state index in [0.717, 1.165) is 25.7 Å². The number of hydrogen-bond donors (Lipinski definition) is 2. The van der Waals surface area contributed by atoms with Crippen molar-refractivity contribution in [3.63, 3.8) is 0 Å². The van der Waals surface area contributed by atoms with Gasteiger partial charge < -0.3 is 10.4 Å².